The molecule has 2 saturated heterocycles. The van der Waals surface area contributed by atoms with Crippen LogP contribution in [0.5, 0.6) is 0 Å². The highest BCUT2D eigenvalue weighted by molar-refractivity contribution is 6.31. The van der Waals surface area contributed by atoms with Gasteiger partial charge in [-0.3, -0.25) is 4.79 Å². The van der Waals surface area contributed by atoms with Crippen LogP contribution in [0.3, 0.4) is 0 Å². The maximum absolute atomic E-state index is 12.7. The summed E-state index contributed by atoms with van der Waals surface area (Å²) in [4.78, 5) is 15.4. The van der Waals surface area contributed by atoms with Crippen LogP contribution in [0.4, 0.5) is 0 Å². The maximum atomic E-state index is 12.7. The summed E-state index contributed by atoms with van der Waals surface area (Å²) in [6.45, 7) is 3.25. The maximum Gasteiger partial charge on any atom is 0.267 e. The van der Waals surface area contributed by atoms with E-state index in [0.717, 1.165) is 17.4 Å². The van der Waals surface area contributed by atoms with Crippen molar-refractivity contribution in [2.75, 3.05) is 19.6 Å². The fourth-order valence-electron chi connectivity index (χ4n) is 4.67. The van der Waals surface area contributed by atoms with Crippen molar-refractivity contribution in [2.45, 2.75) is 38.1 Å². The molecule has 2 fully saturated rings. The van der Waals surface area contributed by atoms with E-state index in [1.54, 1.807) is 0 Å². The van der Waals surface area contributed by atoms with E-state index in [9.17, 15) is 4.79 Å². The number of carbonyl (C=O) groups is 1. The second-order valence-electron chi connectivity index (χ2n) is 7.50. The average Bonchev–Trinajstić information content (AvgIpc) is 2.95. The number of halogens is 1. The first kappa shape index (κ1) is 16.9. The Morgan fingerprint density at radius 1 is 1.20 bits per heavy atom. The summed E-state index contributed by atoms with van der Waals surface area (Å²) in [7, 11) is 1.94. The van der Waals surface area contributed by atoms with Gasteiger partial charge in [0.05, 0.1) is 0 Å². The van der Waals surface area contributed by atoms with Gasteiger partial charge in [-0.05, 0) is 69.0 Å². The molecule has 1 amide bonds. The van der Waals surface area contributed by atoms with E-state index in [1.165, 1.54) is 45.2 Å². The molecule has 2 aliphatic rings. The zero-order chi connectivity index (χ0) is 17.4. The van der Waals surface area contributed by atoms with Gasteiger partial charge in [0.1, 0.15) is 5.69 Å². The highest BCUT2D eigenvalue weighted by Gasteiger charge is 2.33. The molecule has 134 valence electrons. The molecule has 25 heavy (non-hydrogen) atoms. The number of nitrogens with one attached hydrogen (secondary N) is 1. The third-order valence-corrected chi connectivity index (χ3v) is 6.23. The van der Waals surface area contributed by atoms with Crippen LogP contribution in [-0.2, 0) is 7.05 Å². The van der Waals surface area contributed by atoms with Crippen molar-refractivity contribution in [3.63, 3.8) is 0 Å². The predicted molar refractivity (Wildman–Crippen MR) is 102 cm³/mol. The minimum Gasteiger partial charge on any atom is -0.350 e. The van der Waals surface area contributed by atoms with Crippen LogP contribution in [0.2, 0.25) is 5.02 Å². The molecule has 2 atom stereocenters. The van der Waals surface area contributed by atoms with Gasteiger partial charge in [0, 0.05) is 35.6 Å². The number of carbonyl (C=O) groups excluding carboxylic acids is 1. The molecule has 2 aliphatic heterocycles. The quantitative estimate of drug-likeness (QED) is 0.904. The fourth-order valence-corrected chi connectivity index (χ4v) is 4.85. The molecule has 1 N–H and O–H groups in total. The molecular formula is C20H26ClN3O. The summed E-state index contributed by atoms with van der Waals surface area (Å²) >= 11 is 6.07. The van der Waals surface area contributed by atoms with Gasteiger partial charge in [-0.2, -0.15) is 0 Å². The van der Waals surface area contributed by atoms with Crippen molar-refractivity contribution in [3.8, 4) is 0 Å². The predicted octanol–water partition coefficient (Wildman–Crippen LogP) is 3.83. The van der Waals surface area contributed by atoms with Gasteiger partial charge in [-0.1, -0.05) is 18.0 Å². The molecule has 0 bridgehead atoms. The largest absolute Gasteiger partial charge is 0.350 e. The number of aryl methyl sites for hydroxylation is 1. The molecule has 0 radical (unpaired) electrons. The minimum atomic E-state index is 0.0164. The average molecular weight is 360 g/mol. The van der Waals surface area contributed by atoms with Crippen LogP contribution < -0.4 is 5.32 Å². The first-order valence-electron chi connectivity index (χ1n) is 9.41. The Hall–Kier alpha value is -1.52. The van der Waals surface area contributed by atoms with Crippen molar-refractivity contribution in [1.82, 2.24) is 14.8 Å². The second-order valence-corrected chi connectivity index (χ2v) is 7.94. The molecule has 5 heteroatoms. The van der Waals surface area contributed by atoms with Crippen LogP contribution in [0, 0.1) is 5.92 Å². The highest BCUT2D eigenvalue weighted by atomic mass is 35.5. The number of nitrogens with zero attached hydrogens (tertiary/aromatic N) is 2. The van der Waals surface area contributed by atoms with E-state index in [4.69, 9.17) is 11.6 Å². The summed E-state index contributed by atoms with van der Waals surface area (Å²) in [5.41, 5.74) is 1.74. The number of aromatic nitrogens is 1. The normalized spacial score (nSPS) is 24.2. The highest BCUT2D eigenvalue weighted by Crippen LogP contribution is 2.30. The molecule has 0 spiro atoms. The molecule has 0 aliphatic carbocycles. The first-order chi connectivity index (χ1) is 12.1. The SMILES string of the molecule is Cn1c(C(=O)NC[C@@H]2CCCN3CCCC[C@H]23)cc2cc(Cl)ccc21. The van der Waals surface area contributed by atoms with E-state index < -0.39 is 0 Å². The van der Waals surface area contributed by atoms with Gasteiger partial charge in [0.15, 0.2) is 0 Å². The van der Waals surface area contributed by atoms with Gasteiger partial charge in [-0.25, -0.2) is 0 Å². The number of hydrogen-bond donors (Lipinski definition) is 1. The van der Waals surface area contributed by atoms with E-state index >= 15 is 0 Å². The Bertz CT molecular complexity index is 783. The van der Waals surface area contributed by atoms with Gasteiger partial charge < -0.3 is 14.8 Å². The van der Waals surface area contributed by atoms with Gasteiger partial charge in [0.2, 0.25) is 0 Å². The van der Waals surface area contributed by atoms with Crippen molar-refractivity contribution < 1.29 is 4.79 Å². The lowest BCUT2D eigenvalue weighted by atomic mass is 9.83. The van der Waals surface area contributed by atoms with Gasteiger partial charge in [0.25, 0.3) is 5.91 Å². The standard InChI is InChI=1S/C20H26ClN3O/c1-23-17-8-7-16(21)11-15(17)12-19(23)20(25)22-13-14-5-4-10-24-9-3-2-6-18(14)24/h7-8,11-12,14,18H,2-6,9-10,13H2,1H3,(H,22,25)/t14-,18+/m0/s1. The van der Waals surface area contributed by atoms with Crippen molar-refractivity contribution in [2.24, 2.45) is 13.0 Å². The van der Waals surface area contributed by atoms with E-state index in [1.807, 2.05) is 35.9 Å². The number of hydrogen-bond acceptors (Lipinski definition) is 2. The Morgan fingerprint density at radius 2 is 2.04 bits per heavy atom. The van der Waals surface area contributed by atoms with Crippen LogP contribution >= 0.6 is 11.6 Å². The second kappa shape index (κ2) is 7.00. The van der Waals surface area contributed by atoms with E-state index in [0.29, 0.717) is 22.7 Å². The molecular weight excluding hydrogens is 334 g/mol. The lowest BCUT2D eigenvalue weighted by Crippen LogP contribution is -2.51. The minimum absolute atomic E-state index is 0.0164. The smallest absolute Gasteiger partial charge is 0.267 e. The molecule has 1 aromatic heterocycles. The van der Waals surface area contributed by atoms with Crippen LogP contribution in [-0.4, -0.2) is 41.1 Å². The summed E-state index contributed by atoms with van der Waals surface area (Å²) in [5.74, 6) is 0.602. The van der Waals surface area contributed by atoms with Crippen LogP contribution in [0.1, 0.15) is 42.6 Å². The Kier molecular flexibility index (Phi) is 4.74. The zero-order valence-electron chi connectivity index (χ0n) is 14.8. The third-order valence-electron chi connectivity index (χ3n) is 5.99. The number of piperidine rings is 2. The molecule has 3 heterocycles. The van der Waals surface area contributed by atoms with Crippen molar-refractivity contribution in [3.05, 3.63) is 35.0 Å². The van der Waals surface area contributed by atoms with Gasteiger partial charge in [-0.15, -0.1) is 0 Å². The fraction of sp³-hybridized carbons (Fsp3) is 0.550. The number of fused-ring (bicyclic) bond motifs is 2. The number of benzene rings is 1. The Labute approximate surface area is 154 Å². The van der Waals surface area contributed by atoms with E-state index in [2.05, 4.69) is 10.2 Å². The van der Waals surface area contributed by atoms with E-state index in [-0.39, 0.29) is 5.91 Å². The van der Waals surface area contributed by atoms with Crippen molar-refractivity contribution >= 4 is 28.4 Å². The molecule has 1 aromatic carbocycles. The lowest BCUT2D eigenvalue weighted by molar-refractivity contribution is 0.0574. The van der Waals surface area contributed by atoms with Crippen LogP contribution in [0.15, 0.2) is 24.3 Å². The lowest BCUT2D eigenvalue weighted by Gasteiger charge is -2.44. The molecule has 4 nitrogen and oxygen atoms in total. The first-order valence-corrected chi connectivity index (χ1v) is 9.78. The summed E-state index contributed by atoms with van der Waals surface area (Å²) in [5, 5.41) is 4.91. The molecule has 2 aromatic rings. The Morgan fingerprint density at radius 3 is 2.92 bits per heavy atom. The molecule has 0 saturated carbocycles. The van der Waals surface area contributed by atoms with Gasteiger partial charge >= 0.3 is 0 Å². The summed E-state index contributed by atoms with van der Waals surface area (Å²) < 4.78 is 1.95. The third kappa shape index (κ3) is 3.30. The summed E-state index contributed by atoms with van der Waals surface area (Å²) in [6, 6.07) is 8.34. The van der Waals surface area contributed by atoms with Crippen LogP contribution in [0.25, 0.3) is 10.9 Å². The molecule has 0 unspecified atom stereocenters. The summed E-state index contributed by atoms with van der Waals surface area (Å²) in [6.07, 6.45) is 6.42. The number of amides is 1. The Balaban J connectivity index is 1.46. The van der Waals surface area contributed by atoms with Crippen molar-refractivity contribution in [1.29, 1.82) is 0 Å². The number of rotatable bonds is 3. The monoisotopic (exact) mass is 359 g/mol. The topological polar surface area (TPSA) is 37.3 Å². The zero-order valence-corrected chi connectivity index (χ0v) is 15.6. The molecule has 4 rings (SSSR count).